The lowest BCUT2D eigenvalue weighted by molar-refractivity contribution is 0.823. The molecule has 0 aromatic heterocycles. The molecular formula is C18H18N2S. The van der Waals surface area contributed by atoms with E-state index in [2.05, 4.69) is 66.0 Å². The fraction of sp³-hybridized carbons (Fsp3) is 0.278. The lowest BCUT2D eigenvalue weighted by Crippen LogP contribution is -2.22. The molecular weight excluding hydrogens is 276 g/mol. The maximum atomic E-state index is 4.84. The van der Waals surface area contributed by atoms with Gasteiger partial charge in [0.1, 0.15) is 0 Å². The number of amidine groups is 1. The van der Waals surface area contributed by atoms with Crippen LogP contribution in [0.1, 0.15) is 29.5 Å². The van der Waals surface area contributed by atoms with E-state index < -0.39 is 0 Å². The number of aliphatic imine (C=N–C) groups is 1. The van der Waals surface area contributed by atoms with Gasteiger partial charge in [-0.2, -0.15) is 0 Å². The van der Waals surface area contributed by atoms with Crippen LogP contribution in [0.15, 0.2) is 65.7 Å². The molecule has 2 aromatic carbocycles. The molecule has 0 spiro atoms. The van der Waals surface area contributed by atoms with Crippen LogP contribution in [0.25, 0.3) is 0 Å². The van der Waals surface area contributed by atoms with Crippen LogP contribution in [0.3, 0.4) is 0 Å². The van der Waals surface area contributed by atoms with E-state index in [9.17, 15) is 0 Å². The number of nitrogens with zero attached hydrogens (tertiary/aromatic N) is 1. The van der Waals surface area contributed by atoms with Gasteiger partial charge in [-0.3, -0.25) is 4.99 Å². The Morgan fingerprint density at radius 2 is 1.57 bits per heavy atom. The molecule has 3 heteroatoms. The minimum absolute atomic E-state index is 0.313. The minimum Gasteiger partial charge on any atom is -0.362 e. The Balaban J connectivity index is 1.39. The second kappa shape index (κ2) is 5.57. The van der Waals surface area contributed by atoms with Gasteiger partial charge in [0, 0.05) is 17.7 Å². The van der Waals surface area contributed by atoms with Gasteiger partial charge in [-0.15, -0.1) is 0 Å². The first kappa shape index (κ1) is 13.0. The zero-order chi connectivity index (χ0) is 14.1. The Kier molecular flexibility index (Phi) is 3.44. The third-order valence-electron chi connectivity index (χ3n) is 4.16. The van der Waals surface area contributed by atoms with Crippen molar-refractivity contribution in [3.05, 3.63) is 71.8 Å². The topological polar surface area (TPSA) is 24.4 Å². The van der Waals surface area contributed by atoms with Crippen molar-refractivity contribution in [3.8, 4) is 0 Å². The Morgan fingerprint density at radius 3 is 2.29 bits per heavy atom. The Bertz CT molecular complexity index is 639. The molecule has 2 aromatic rings. The van der Waals surface area contributed by atoms with Gasteiger partial charge in [-0.05, 0) is 17.5 Å². The van der Waals surface area contributed by atoms with Crippen molar-refractivity contribution in [1.82, 2.24) is 5.32 Å². The number of rotatable bonds is 3. The summed E-state index contributed by atoms with van der Waals surface area (Å²) < 4.78 is 0. The first-order chi connectivity index (χ1) is 10.4. The van der Waals surface area contributed by atoms with Crippen LogP contribution in [-0.2, 0) is 0 Å². The molecule has 1 aliphatic carbocycles. The predicted octanol–water partition coefficient (Wildman–Crippen LogP) is 3.98. The van der Waals surface area contributed by atoms with Crippen molar-refractivity contribution >= 4 is 16.9 Å². The van der Waals surface area contributed by atoms with E-state index in [4.69, 9.17) is 4.99 Å². The normalized spacial score (nSPS) is 27.2. The van der Waals surface area contributed by atoms with E-state index in [-0.39, 0.29) is 0 Å². The highest BCUT2D eigenvalue weighted by Crippen LogP contribution is 2.41. The van der Waals surface area contributed by atoms with E-state index in [0.29, 0.717) is 18.0 Å². The highest BCUT2D eigenvalue weighted by molar-refractivity contribution is 8.14. The molecule has 2 nitrogen and oxygen atoms in total. The largest absolute Gasteiger partial charge is 0.362 e. The average Bonchev–Trinajstić information content (AvgIpc) is 3.15. The van der Waals surface area contributed by atoms with Crippen molar-refractivity contribution in [2.24, 2.45) is 4.99 Å². The molecule has 0 saturated heterocycles. The molecule has 0 radical (unpaired) electrons. The van der Waals surface area contributed by atoms with Gasteiger partial charge in [0.25, 0.3) is 0 Å². The van der Waals surface area contributed by atoms with Gasteiger partial charge in [0.15, 0.2) is 5.17 Å². The first-order valence-corrected chi connectivity index (χ1v) is 8.46. The lowest BCUT2D eigenvalue weighted by Gasteiger charge is -2.05. The first-order valence-electron chi connectivity index (χ1n) is 7.47. The Hall–Kier alpha value is -1.74. The smallest absolute Gasteiger partial charge is 0.157 e. The number of nitrogens with one attached hydrogen (secondary N) is 1. The summed E-state index contributed by atoms with van der Waals surface area (Å²) in [6, 6.07) is 22.2. The quantitative estimate of drug-likeness (QED) is 0.926. The molecule has 1 saturated carbocycles. The monoisotopic (exact) mass is 294 g/mol. The molecule has 3 unspecified atom stereocenters. The van der Waals surface area contributed by atoms with Crippen molar-refractivity contribution in [2.45, 2.75) is 24.4 Å². The van der Waals surface area contributed by atoms with Crippen molar-refractivity contribution in [1.29, 1.82) is 0 Å². The van der Waals surface area contributed by atoms with Crippen LogP contribution >= 0.6 is 11.8 Å². The lowest BCUT2D eigenvalue weighted by atomic mass is 10.1. The molecule has 1 heterocycles. The van der Waals surface area contributed by atoms with Crippen LogP contribution in [0.2, 0.25) is 0 Å². The summed E-state index contributed by atoms with van der Waals surface area (Å²) in [7, 11) is 0. The summed E-state index contributed by atoms with van der Waals surface area (Å²) in [5.74, 6) is 1.71. The van der Waals surface area contributed by atoms with Crippen molar-refractivity contribution in [2.75, 3.05) is 5.75 Å². The summed E-state index contributed by atoms with van der Waals surface area (Å²) in [5.41, 5.74) is 2.76. The number of benzene rings is 2. The minimum atomic E-state index is 0.313. The van der Waals surface area contributed by atoms with Crippen LogP contribution in [-0.4, -0.2) is 17.0 Å². The molecule has 1 aliphatic heterocycles. The molecule has 21 heavy (non-hydrogen) atoms. The van der Waals surface area contributed by atoms with Gasteiger partial charge >= 0.3 is 0 Å². The SMILES string of the molecule is c1ccc(C2CSC(NC3CC3c3ccccc3)=N2)cc1. The highest BCUT2D eigenvalue weighted by Gasteiger charge is 2.39. The predicted molar refractivity (Wildman–Crippen MR) is 89.8 cm³/mol. The molecule has 106 valence electrons. The second-order valence-electron chi connectivity index (χ2n) is 5.68. The molecule has 2 aliphatic rings. The summed E-state index contributed by atoms with van der Waals surface area (Å²) in [6.45, 7) is 0. The van der Waals surface area contributed by atoms with Crippen LogP contribution in [0.4, 0.5) is 0 Å². The summed E-state index contributed by atoms with van der Waals surface area (Å²) >= 11 is 1.85. The summed E-state index contributed by atoms with van der Waals surface area (Å²) in [5, 5.41) is 4.73. The third-order valence-corrected chi connectivity index (χ3v) is 5.14. The summed E-state index contributed by atoms with van der Waals surface area (Å²) in [6.07, 6.45) is 1.22. The Morgan fingerprint density at radius 1 is 0.905 bits per heavy atom. The van der Waals surface area contributed by atoms with Gasteiger partial charge < -0.3 is 5.32 Å². The average molecular weight is 294 g/mol. The van der Waals surface area contributed by atoms with Crippen molar-refractivity contribution in [3.63, 3.8) is 0 Å². The molecule has 1 fully saturated rings. The molecule has 1 N–H and O–H groups in total. The fourth-order valence-electron chi connectivity index (χ4n) is 2.88. The van der Waals surface area contributed by atoms with Gasteiger partial charge in [-0.25, -0.2) is 0 Å². The van der Waals surface area contributed by atoms with E-state index >= 15 is 0 Å². The second-order valence-corrected chi connectivity index (χ2v) is 6.68. The zero-order valence-corrected chi connectivity index (χ0v) is 12.6. The molecule has 4 rings (SSSR count). The molecule has 3 atom stereocenters. The van der Waals surface area contributed by atoms with Crippen molar-refractivity contribution < 1.29 is 0 Å². The van der Waals surface area contributed by atoms with E-state index in [1.807, 2.05) is 11.8 Å². The maximum Gasteiger partial charge on any atom is 0.157 e. The number of hydrogen-bond acceptors (Lipinski definition) is 3. The van der Waals surface area contributed by atoms with Crippen LogP contribution in [0, 0.1) is 0 Å². The molecule has 0 bridgehead atoms. The zero-order valence-electron chi connectivity index (χ0n) is 11.8. The number of hydrogen-bond donors (Lipinski definition) is 1. The maximum absolute atomic E-state index is 4.84. The van der Waals surface area contributed by atoms with Gasteiger partial charge in [0.2, 0.25) is 0 Å². The van der Waals surface area contributed by atoms with E-state index in [1.54, 1.807) is 0 Å². The third kappa shape index (κ3) is 2.84. The number of thioether (sulfide) groups is 1. The fourth-order valence-corrected chi connectivity index (χ4v) is 3.90. The van der Waals surface area contributed by atoms with Gasteiger partial charge in [-0.1, -0.05) is 72.4 Å². The van der Waals surface area contributed by atoms with Crippen LogP contribution < -0.4 is 5.32 Å². The van der Waals surface area contributed by atoms with E-state index in [1.165, 1.54) is 17.5 Å². The van der Waals surface area contributed by atoms with Crippen LogP contribution in [0.5, 0.6) is 0 Å². The standard InChI is InChI=1S/C18H18N2S/c1-3-7-13(8-4-1)15-11-16(15)19-18-20-17(12-21-18)14-9-5-2-6-10-14/h1-10,15-17H,11-12H2,(H,19,20). The summed E-state index contributed by atoms with van der Waals surface area (Å²) in [4.78, 5) is 4.84. The highest BCUT2D eigenvalue weighted by atomic mass is 32.2. The van der Waals surface area contributed by atoms with E-state index in [0.717, 1.165) is 10.9 Å². The Labute approximate surface area is 129 Å². The van der Waals surface area contributed by atoms with Gasteiger partial charge in [0.05, 0.1) is 6.04 Å². The molecule has 0 amide bonds.